The van der Waals surface area contributed by atoms with Crippen molar-refractivity contribution in [3.8, 4) is 11.5 Å². The lowest BCUT2D eigenvalue weighted by Gasteiger charge is -2.32. The Morgan fingerprint density at radius 2 is 1.16 bits per heavy atom. The van der Waals surface area contributed by atoms with Gasteiger partial charge in [0, 0.05) is 13.0 Å². The zero-order valence-corrected chi connectivity index (χ0v) is 30.1. The molecule has 19 nitrogen and oxygen atoms in total. The molecule has 1 heterocycles. The van der Waals surface area contributed by atoms with Crippen LogP contribution in [0.15, 0.2) is 48.5 Å². The van der Waals surface area contributed by atoms with Gasteiger partial charge in [0.25, 0.3) is 0 Å². The van der Waals surface area contributed by atoms with Crippen molar-refractivity contribution in [2.45, 2.75) is 88.6 Å². The average molecular weight is 771 g/mol. The van der Waals surface area contributed by atoms with Gasteiger partial charge in [0.2, 0.25) is 29.5 Å². The number of carbonyl (C=O) groups is 8. The SMILES string of the molecule is CC(C)[C@H](NC(=O)[C@H](CC(=O)O)NC(=O)[C@@H](N)Cc1ccc(O)cc1)C(=O)N1CCC[C@H]1C(=O)N[C@@H](CC(=O)O)C(=O)N[C@@H](Cc1ccc(O)cc1)C(=O)O. The van der Waals surface area contributed by atoms with E-state index in [9.17, 15) is 63.9 Å². The molecule has 0 aromatic heterocycles. The molecule has 11 N–H and O–H groups in total. The number of carboxylic acid groups (broad SMARTS) is 3. The van der Waals surface area contributed by atoms with Crippen LogP contribution in [0, 0.1) is 5.92 Å². The van der Waals surface area contributed by atoms with Gasteiger partial charge in [-0.3, -0.25) is 33.6 Å². The maximum Gasteiger partial charge on any atom is 0.326 e. The summed E-state index contributed by atoms with van der Waals surface area (Å²) in [4.78, 5) is 103. The van der Waals surface area contributed by atoms with E-state index in [1.807, 2.05) is 0 Å². The number of amides is 5. The van der Waals surface area contributed by atoms with Crippen LogP contribution in [0.5, 0.6) is 11.5 Å². The summed E-state index contributed by atoms with van der Waals surface area (Å²) in [6.07, 6.45) is -1.62. The van der Waals surface area contributed by atoms with Crippen LogP contribution in [-0.4, -0.2) is 121 Å². The first-order chi connectivity index (χ1) is 25.9. The Morgan fingerprint density at radius 3 is 1.65 bits per heavy atom. The summed E-state index contributed by atoms with van der Waals surface area (Å²) in [5, 5.41) is 57.0. The fraction of sp³-hybridized carbons (Fsp3) is 0.444. The zero-order chi connectivity index (χ0) is 41.0. The Hall–Kier alpha value is -6.24. The minimum absolute atomic E-state index is 0.00479. The summed E-state index contributed by atoms with van der Waals surface area (Å²) >= 11 is 0. The van der Waals surface area contributed by atoms with E-state index >= 15 is 0 Å². The molecule has 2 aromatic carbocycles. The smallest absolute Gasteiger partial charge is 0.326 e. The molecule has 5 amide bonds. The third kappa shape index (κ3) is 13.0. The zero-order valence-electron chi connectivity index (χ0n) is 30.1. The molecule has 19 heteroatoms. The molecule has 0 saturated carbocycles. The first kappa shape index (κ1) is 43.2. The number of phenols is 2. The Balaban J connectivity index is 1.72. The molecule has 0 aliphatic carbocycles. The molecule has 1 aliphatic heterocycles. The van der Waals surface area contributed by atoms with Crippen molar-refractivity contribution in [2.24, 2.45) is 11.7 Å². The Morgan fingerprint density at radius 1 is 0.691 bits per heavy atom. The minimum atomic E-state index is -1.74. The van der Waals surface area contributed by atoms with Crippen LogP contribution in [0.2, 0.25) is 0 Å². The molecular formula is C36H46N6O13. The number of hydrogen-bond donors (Lipinski definition) is 10. The van der Waals surface area contributed by atoms with E-state index < -0.39 is 102 Å². The topological polar surface area (TPSA) is 315 Å². The Labute approximate surface area is 315 Å². The first-order valence-electron chi connectivity index (χ1n) is 17.4. The van der Waals surface area contributed by atoms with Crippen LogP contribution in [0.25, 0.3) is 0 Å². The first-order valence-corrected chi connectivity index (χ1v) is 17.4. The average Bonchev–Trinajstić information content (AvgIpc) is 3.61. The molecule has 2 aromatic rings. The number of carbonyl (C=O) groups excluding carboxylic acids is 5. The quantitative estimate of drug-likeness (QED) is 0.0805. The van der Waals surface area contributed by atoms with Gasteiger partial charge < -0.3 is 57.4 Å². The highest BCUT2D eigenvalue weighted by molar-refractivity contribution is 5.98. The van der Waals surface area contributed by atoms with Crippen LogP contribution in [-0.2, 0) is 51.2 Å². The van der Waals surface area contributed by atoms with E-state index in [0.717, 1.165) is 4.90 Å². The second-order valence-electron chi connectivity index (χ2n) is 13.5. The number of likely N-dealkylation sites (tertiary alicyclic amines) is 1. The Kier molecular flexibility index (Phi) is 15.5. The van der Waals surface area contributed by atoms with Crippen LogP contribution in [0.1, 0.15) is 50.7 Å². The standard InChI is InChI=1S/C36H46N6O13/c1-18(2)30(41-33(51)25(17-29(47)48)38-31(49)23(37)14-19-5-9-21(43)10-6-19)35(53)42-13-3-4-27(42)34(52)39-24(16-28(45)46)32(50)40-26(36(54)55)15-20-7-11-22(44)12-8-20/h5-12,18,23-27,30,43-44H,3-4,13-17,37H2,1-2H3,(H,38,49)(H,39,52)(H,40,50)(H,41,51)(H,45,46)(H,47,48)(H,54,55)/t23-,24-,25-,26-,27-,30-/m0/s1. The van der Waals surface area contributed by atoms with Gasteiger partial charge in [-0.25, -0.2) is 4.79 Å². The van der Waals surface area contributed by atoms with Gasteiger partial charge in [-0.05, 0) is 60.6 Å². The normalized spacial score (nSPS) is 16.5. The van der Waals surface area contributed by atoms with Crippen molar-refractivity contribution >= 4 is 47.4 Å². The number of nitrogens with two attached hydrogens (primary N) is 1. The molecule has 0 spiro atoms. The highest BCUT2D eigenvalue weighted by Crippen LogP contribution is 2.21. The molecule has 1 fully saturated rings. The van der Waals surface area contributed by atoms with Gasteiger partial charge >= 0.3 is 17.9 Å². The van der Waals surface area contributed by atoms with Crippen molar-refractivity contribution in [1.29, 1.82) is 0 Å². The highest BCUT2D eigenvalue weighted by Gasteiger charge is 2.41. The number of carboxylic acids is 3. The van der Waals surface area contributed by atoms with Crippen LogP contribution in [0.3, 0.4) is 0 Å². The fourth-order valence-electron chi connectivity index (χ4n) is 5.88. The molecule has 0 bridgehead atoms. The van der Waals surface area contributed by atoms with Crippen LogP contribution in [0.4, 0.5) is 0 Å². The Bertz CT molecular complexity index is 1730. The molecule has 1 aliphatic rings. The van der Waals surface area contributed by atoms with E-state index in [0.29, 0.717) is 17.5 Å². The number of hydrogen-bond acceptors (Lipinski definition) is 11. The van der Waals surface area contributed by atoms with E-state index in [4.69, 9.17) is 5.73 Å². The van der Waals surface area contributed by atoms with Crippen molar-refractivity contribution in [3.63, 3.8) is 0 Å². The number of rotatable bonds is 19. The van der Waals surface area contributed by atoms with Crippen molar-refractivity contribution in [1.82, 2.24) is 26.2 Å². The van der Waals surface area contributed by atoms with Crippen molar-refractivity contribution in [2.75, 3.05) is 6.54 Å². The second kappa shape index (κ2) is 19.7. The molecular weight excluding hydrogens is 724 g/mol. The van der Waals surface area contributed by atoms with Crippen molar-refractivity contribution in [3.05, 3.63) is 59.7 Å². The molecule has 0 radical (unpaired) electrons. The molecule has 55 heavy (non-hydrogen) atoms. The largest absolute Gasteiger partial charge is 0.508 e. The lowest BCUT2D eigenvalue weighted by atomic mass is 10.0. The maximum atomic E-state index is 13.9. The summed E-state index contributed by atoms with van der Waals surface area (Å²) < 4.78 is 0. The second-order valence-corrected chi connectivity index (χ2v) is 13.5. The summed E-state index contributed by atoms with van der Waals surface area (Å²) in [5.74, 6) is -9.71. The predicted molar refractivity (Wildman–Crippen MR) is 191 cm³/mol. The minimum Gasteiger partial charge on any atom is -0.508 e. The third-order valence-electron chi connectivity index (χ3n) is 8.81. The third-order valence-corrected chi connectivity index (χ3v) is 8.81. The summed E-state index contributed by atoms with van der Waals surface area (Å²) in [7, 11) is 0. The number of phenolic OH excluding ortho intramolecular Hbond substituents is 2. The van der Waals surface area contributed by atoms with Crippen LogP contribution >= 0.6 is 0 Å². The molecule has 1 saturated heterocycles. The van der Waals surface area contributed by atoms with E-state index in [1.165, 1.54) is 48.5 Å². The van der Waals surface area contributed by atoms with Gasteiger partial charge in [0.05, 0.1) is 18.9 Å². The van der Waals surface area contributed by atoms with Gasteiger partial charge in [-0.1, -0.05) is 38.1 Å². The van der Waals surface area contributed by atoms with E-state index in [2.05, 4.69) is 21.3 Å². The molecule has 3 rings (SSSR count). The molecule has 6 atom stereocenters. The van der Waals surface area contributed by atoms with Gasteiger partial charge in [0.15, 0.2) is 0 Å². The lowest BCUT2D eigenvalue weighted by molar-refractivity contribution is -0.146. The summed E-state index contributed by atoms with van der Waals surface area (Å²) in [5.41, 5.74) is 7.01. The van der Waals surface area contributed by atoms with E-state index in [-0.39, 0.29) is 37.3 Å². The lowest BCUT2D eigenvalue weighted by Crippen LogP contribution is -2.60. The summed E-state index contributed by atoms with van der Waals surface area (Å²) in [6, 6.07) is 2.67. The van der Waals surface area contributed by atoms with Crippen molar-refractivity contribution < 1.29 is 63.9 Å². The number of aliphatic carboxylic acids is 3. The van der Waals surface area contributed by atoms with Gasteiger partial charge in [0.1, 0.15) is 41.7 Å². The molecule has 0 unspecified atom stereocenters. The fourth-order valence-corrected chi connectivity index (χ4v) is 5.88. The molecule has 298 valence electrons. The van der Waals surface area contributed by atoms with Gasteiger partial charge in [-0.2, -0.15) is 0 Å². The number of nitrogens with one attached hydrogen (secondary N) is 4. The predicted octanol–water partition coefficient (Wildman–Crippen LogP) is -1.17. The van der Waals surface area contributed by atoms with Gasteiger partial charge in [-0.15, -0.1) is 0 Å². The highest BCUT2D eigenvalue weighted by atomic mass is 16.4. The van der Waals surface area contributed by atoms with E-state index in [1.54, 1.807) is 13.8 Å². The number of aromatic hydroxyl groups is 2. The monoisotopic (exact) mass is 770 g/mol. The summed E-state index contributed by atoms with van der Waals surface area (Å²) in [6.45, 7) is 3.19. The number of nitrogens with zero attached hydrogens (tertiary/aromatic N) is 1. The van der Waals surface area contributed by atoms with Crippen LogP contribution < -0.4 is 27.0 Å². The maximum absolute atomic E-state index is 13.9. The number of benzene rings is 2.